The normalized spacial score (nSPS) is 11.1. The van der Waals surface area contributed by atoms with E-state index in [0.717, 1.165) is 12.8 Å². The molecule has 0 saturated carbocycles. The molecule has 0 nitrogen and oxygen atoms in total. The fourth-order valence-corrected chi connectivity index (χ4v) is 20.4. The third-order valence-corrected chi connectivity index (χ3v) is 26.5. The molecular formula is C55H94Br6ClLiS4Si2. The second-order valence-corrected chi connectivity index (χ2v) is 42.6. The molecule has 396 valence electrons. The first kappa shape index (κ1) is 76.2. The monoisotopic (exact) mass is 1450 g/mol. The number of hydrogen-bond donors (Lipinski definition) is 0. The van der Waals surface area contributed by atoms with Gasteiger partial charge in [0.1, 0.15) is 7.38 Å². The van der Waals surface area contributed by atoms with E-state index >= 15 is 0 Å². The van der Waals surface area contributed by atoms with Gasteiger partial charge in [0.2, 0.25) is 0 Å². The molecule has 4 heterocycles. The minimum Gasteiger partial charge on any atom is -0.343 e. The number of rotatable bonds is 26. The van der Waals surface area contributed by atoms with Gasteiger partial charge in [0.25, 0.3) is 0 Å². The van der Waals surface area contributed by atoms with Gasteiger partial charge in [-0.1, -0.05) is 197 Å². The zero-order valence-electron chi connectivity index (χ0n) is 44.0. The summed E-state index contributed by atoms with van der Waals surface area (Å²) in [5.74, 6) is 0. The molecule has 0 atom stereocenters. The van der Waals surface area contributed by atoms with Crippen molar-refractivity contribution in [3.05, 3.63) is 59.5 Å². The fraction of sp³-hybridized carbons (Fsp3) is 0.691. The topological polar surface area (TPSA) is 0 Å². The van der Waals surface area contributed by atoms with Gasteiger partial charge in [-0.3, -0.25) is 0 Å². The van der Waals surface area contributed by atoms with E-state index in [1.807, 2.05) is 22.7 Å². The molecule has 4 rings (SSSR count). The van der Waals surface area contributed by atoms with Gasteiger partial charge in [0.15, 0.2) is 0 Å². The maximum atomic E-state index is 5.67. The van der Waals surface area contributed by atoms with Crippen LogP contribution < -0.4 is 23.4 Å². The van der Waals surface area contributed by atoms with Gasteiger partial charge in [-0.15, -0.1) is 45.3 Å². The van der Waals surface area contributed by atoms with Crippen molar-refractivity contribution >= 4 is 172 Å². The Morgan fingerprint density at radius 3 is 1.07 bits per heavy atom. The average Bonchev–Trinajstić information content (AvgIpc) is 3.91. The zero-order chi connectivity index (χ0) is 50.0. The van der Waals surface area contributed by atoms with Gasteiger partial charge < -0.3 is 6.92 Å². The molecule has 0 aromatic carbocycles. The number of halogens is 7. The summed E-state index contributed by atoms with van der Waals surface area (Å²) in [4.78, 5) is 6.92. The van der Waals surface area contributed by atoms with Crippen LogP contribution in [0.1, 0.15) is 204 Å². The van der Waals surface area contributed by atoms with Crippen LogP contribution in [0, 0.1) is 27.7 Å². The summed E-state index contributed by atoms with van der Waals surface area (Å²) >= 11 is 36.3. The van der Waals surface area contributed by atoms with Crippen molar-refractivity contribution in [2.24, 2.45) is 0 Å². The summed E-state index contributed by atoms with van der Waals surface area (Å²) in [7, 11) is -2.50. The SMILES string of the molecule is C.C.CCCCCCCCCCCCc1c(Br)sc(-c2sc(Br)c(C)c2Br)c1Br.CCCCCCCCCCCCc1c([Si](C)(C)C)sc(-c2sc(C)c(C)c2Br)c1Br.C[Si](C)(C)Cl.[CH2-]CCC.[Li+]. The van der Waals surface area contributed by atoms with Crippen molar-refractivity contribution in [1.29, 1.82) is 0 Å². The molecule has 4 aromatic heterocycles. The summed E-state index contributed by atoms with van der Waals surface area (Å²) in [6, 6.07) is 0. The molecule has 0 spiro atoms. The van der Waals surface area contributed by atoms with Crippen LogP contribution >= 0.6 is 152 Å². The molecule has 0 fully saturated rings. The second kappa shape index (κ2) is 42.0. The van der Waals surface area contributed by atoms with Crippen LogP contribution in [-0.4, -0.2) is 15.5 Å². The Hall–Kier alpha value is 3.00. The van der Waals surface area contributed by atoms with Crippen molar-refractivity contribution in [3.63, 3.8) is 0 Å². The number of hydrogen-bond acceptors (Lipinski definition) is 4. The van der Waals surface area contributed by atoms with Crippen LogP contribution in [0.3, 0.4) is 0 Å². The molecule has 0 unspecified atom stereocenters. The Bertz CT molecular complexity index is 1920. The molecule has 0 bridgehead atoms. The van der Waals surface area contributed by atoms with E-state index in [1.54, 1.807) is 21.4 Å². The molecule has 69 heavy (non-hydrogen) atoms. The zero-order valence-corrected chi connectivity index (χ0v) is 59.5. The minimum absolute atomic E-state index is 0. The van der Waals surface area contributed by atoms with Crippen LogP contribution in [0.2, 0.25) is 39.3 Å². The van der Waals surface area contributed by atoms with Gasteiger partial charge >= 0.3 is 18.9 Å². The van der Waals surface area contributed by atoms with Crippen molar-refractivity contribution in [1.82, 2.24) is 0 Å². The fourth-order valence-electron chi connectivity index (χ4n) is 7.13. The van der Waals surface area contributed by atoms with Gasteiger partial charge in [0.05, 0.1) is 35.2 Å². The molecule has 0 saturated heterocycles. The van der Waals surface area contributed by atoms with Gasteiger partial charge in [-0.25, -0.2) is 0 Å². The maximum Gasteiger partial charge on any atom is 1.00 e. The Morgan fingerprint density at radius 2 is 0.739 bits per heavy atom. The van der Waals surface area contributed by atoms with Crippen LogP contribution in [0.15, 0.2) is 25.5 Å². The predicted molar refractivity (Wildman–Crippen MR) is 353 cm³/mol. The molecule has 0 amide bonds. The van der Waals surface area contributed by atoms with Crippen LogP contribution in [0.5, 0.6) is 0 Å². The van der Waals surface area contributed by atoms with Crippen molar-refractivity contribution in [3.8, 4) is 19.5 Å². The molecule has 14 heteroatoms. The van der Waals surface area contributed by atoms with E-state index in [0.29, 0.717) is 0 Å². The second-order valence-electron chi connectivity index (χ2n) is 19.7. The van der Waals surface area contributed by atoms with E-state index in [4.69, 9.17) is 11.1 Å². The molecule has 0 aliphatic heterocycles. The molecule has 0 N–H and O–H groups in total. The van der Waals surface area contributed by atoms with Gasteiger partial charge in [-0.2, -0.15) is 17.5 Å². The third-order valence-electron chi connectivity index (χ3n) is 11.2. The number of aryl methyl sites for hydroxylation is 1. The minimum atomic E-state index is -1.36. The largest absolute Gasteiger partial charge is 1.00 e. The van der Waals surface area contributed by atoms with E-state index in [2.05, 4.69) is 195 Å². The van der Waals surface area contributed by atoms with Crippen molar-refractivity contribution in [2.75, 3.05) is 0 Å². The molecule has 0 aliphatic rings. The van der Waals surface area contributed by atoms with E-state index in [1.165, 1.54) is 208 Å². The van der Waals surface area contributed by atoms with Gasteiger partial charge in [0, 0.05) is 22.8 Å². The van der Waals surface area contributed by atoms with Crippen LogP contribution in [-0.2, 0) is 12.8 Å². The third kappa shape index (κ3) is 30.1. The summed E-state index contributed by atoms with van der Waals surface area (Å²) < 4.78 is 9.31. The summed E-state index contributed by atoms with van der Waals surface area (Å²) in [6.07, 6.45) is 32.5. The Labute approximate surface area is 513 Å². The Balaban J connectivity index is -0.00000104. The van der Waals surface area contributed by atoms with Crippen LogP contribution in [0.4, 0.5) is 0 Å². The number of unbranched alkanes of at least 4 members (excludes halogenated alkanes) is 19. The smallest absolute Gasteiger partial charge is 0.343 e. The average molecular weight is 1460 g/mol. The Kier molecular flexibility index (Phi) is 46.4. The maximum absolute atomic E-state index is 5.67. The van der Waals surface area contributed by atoms with E-state index < -0.39 is 15.5 Å². The Morgan fingerprint density at radius 1 is 0.435 bits per heavy atom. The van der Waals surface area contributed by atoms with E-state index in [-0.39, 0.29) is 33.7 Å². The quantitative estimate of drug-likeness (QED) is 0.0254. The summed E-state index contributed by atoms with van der Waals surface area (Å²) in [5, 5.41) is 0. The van der Waals surface area contributed by atoms with Crippen LogP contribution in [0.25, 0.3) is 19.5 Å². The first-order valence-corrected chi connectivity index (χ1v) is 41.1. The first-order chi connectivity index (χ1) is 31.1. The van der Waals surface area contributed by atoms with E-state index in [9.17, 15) is 0 Å². The first-order valence-electron chi connectivity index (χ1n) is 25.0. The van der Waals surface area contributed by atoms with Crippen molar-refractivity contribution in [2.45, 2.75) is 250 Å². The molecule has 0 radical (unpaired) electrons. The molecule has 4 aromatic rings. The molecular weight excluding hydrogens is 1370 g/mol. The predicted octanol–water partition coefficient (Wildman–Crippen LogP) is 23.9. The molecule has 0 aliphatic carbocycles. The summed E-state index contributed by atoms with van der Waals surface area (Å²) in [6.45, 7) is 30.7. The van der Waals surface area contributed by atoms with Crippen molar-refractivity contribution < 1.29 is 18.9 Å². The van der Waals surface area contributed by atoms with Gasteiger partial charge in [-0.05, 0) is 169 Å². The number of thiophene rings is 4. The standard InChI is InChI=1S/C25H40Br2S2Si.C21H28Br4S2.C4H9.C3H9ClSi.2CH4.Li/c1-7-8-9-10-11-12-13-14-15-16-17-20-22(27)24(29-25(20)30(4,5)6)23-21(26)18(2)19(3)28-23;1-3-4-5-6-7-8-9-10-11-12-13-15-17(23)19(27-21(15)25)18-16(22)14(2)20(24)26-18;1-3-4-2;1-5(2,3)4;;;/h7-17H2,1-6H3;3-13H2,1-2H3;1,3-4H2,2H3;1-3H3;2*1H4;/q;;-1;;;;+1. The summed E-state index contributed by atoms with van der Waals surface area (Å²) in [5.41, 5.74) is 5.72.